The van der Waals surface area contributed by atoms with Crippen LogP contribution in [-0.2, 0) is 12.7 Å². The van der Waals surface area contributed by atoms with Crippen LogP contribution in [0.3, 0.4) is 0 Å². The number of imidazole rings is 1. The number of aromatic nitrogens is 2. The fraction of sp³-hybridized carbons (Fsp3) is 0.188. The number of hydrogen-bond acceptors (Lipinski definition) is 3. The molecular weight excluding hydrogens is 324 g/mol. The van der Waals surface area contributed by atoms with E-state index >= 15 is 0 Å². The van der Waals surface area contributed by atoms with Gasteiger partial charge in [-0.3, -0.25) is 0 Å². The minimum absolute atomic E-state index is 0.0111. The van der Waals surface area contributed by atoms with Gasteiger partial charge < -0.3 is 15.0 Å². The predicted molar refractivity (Wildman–Crippen MR) is 85.8 cm³/mol. The zero-order chi connectivity index (χ0) is 16.6. The van der Waals surface area contributed by atoms with Crippen LogP contribution in [0.25, 0.3) is 11.0 Å². The molecule has 23 heavy (non-hydrogen) atoms. The molecule has 1 aromatic heterocycles. The van der Waals surface area contributed by atoms with Gasteiger partial charge in [0.05, 0.1) is 11.0 Å². The molecule has 7 heteroatoms. The normalized spacial score (nSPS) is 11.8. The molecule has 0 aliphatic rings. The quantitative estimate of drug-likeness (QED) is 0.717. The summed E-state index contributed by atoms with van der Waals surface area (Å²) < 4.78 is 35.4. The minimum atomic E-state index is -3.59. The Morgan fingerprint density at radius 1 is 1.22 bits per heavy atom. The lowest BCUT2D eigenvalue weighted by Gasteiger charge is -2.18. The highest BCUT2D eigenvalue weighted by Gasteiger charge is 2.40. The second-order valence-electron chi connectivity index (χ2n) is 5.00. The van der Waals surface area contributed by atoms with E-state index in [0.29, 0.717) is 28.3 Å². The number of fused-ring (bicyclic) bond motifs is 1. The van der Waals surface area contributed by atoms with E-state index in [0.717, 1.165) is 0 Å². The van der Waals surface area contributed by atoms with Crippen LogP contribution in [0.2, 0.25) is 5.02 Å². The smallest absolute Gasteiger partial charge is 0.427 e. The Kier molecular flexibility index (Phi) is 3.85. The number of nitrogen functional groups attached to an aromatic ring is 1. The number of benzene rings is 2. The van der Waals surface area contributed by atoms with E-state index < -0.39 is 11.9 Å². The van der Waals surface area contributed by atoms with E-state index in [1.54, 1.807) is 25.1 Å². The highest BCUT2D eigenvalue weighted by atomic mass is 35.5. The average Bonchev–Trinajstić information content (AvgIpc) is 2.88. The molecule has 0 atom stereocenters. The molecule has 0 saturated carbocycles. The van der Waals surface area contributed by atoms with Crippen molar-refractivity contribution < 1.29 is 13.5 Å². The van der Waals surface area contributed by atoms with Crippen LogP contribution in [0.4, 0.5) is 14.5 Å². The molecule has 1 heterocycles. The van der Waals surface area contributed by atoms with Crippen LogP contribution in [-0.4, -0.2) is 9.55 Å². The molecule has 0 saturated heterocycles. The molecule has 3 rings (SSSR count). The number of nitrogens with zero attached hydrogens (tertiary/aromatic N) is 2. The van der Waals surface area contributed by atoms with E-state index in [9.17, 15) is 8.78 Å². The third-order valence-electron chi connectivity index (χ3n) is 3.41. The lowest BCUT2D eigenvalue weighted by Crippen LogP contribution is -2.26. The van der Waals surface area contributed by atoms with Crippen molar-refractivity contribution in [2.45, 2.75) is 19.6 Å². The van der Waals surface area contributed by atoms with Crippen molar-refractivity contribution in [1.82, 2.24) is 9.55 Å². The number of halogens is 3. The van der Waals surface area contributed by atoms with E-state index in [-0.39, 0.29) is 5.75 Å². The zero-order valence-corrected chi connectivity index (χ0v) is 13.0. The zero-order valence-electron chi connectivity index (χ0n) is 12.3. The molecule has 0 unspecified atom stereocenters. The minimum Gasteiger partial charge on any atom is -0.427 e. The molecular formula is C16H14ClF2N3O. The number of anilines is 1. The number of nitrogens with two attached hydrogens (primary N) is 1. The SMILES string of the molecule is CCn1c(C(F)(F)Oc2ccc(N)cc2)nc2cc(Cl)ccc21. The Labute approximate surface area is 136 Å². The molecule has 4 nitrogen and oxygen atoms in total. The molecule has 0 aliphatic heterocycles. The molecule has 3 aromatic rings. The first-order chi connectivity index (χ1) is 10.9. The third-order valence-corrected chi connectivity index (χ3v) is 3.65. The van der Waals surface area contributed by atoms with Gasteiger partial charge in [0.25, 0.3) is 0 Å². The fourth-order valence-electron chi connectivity index (χ4n) is 2.37. The lowest BCUT2D eigenvalue weighted by atomic mass is 10.3. The Morgan fingerprint density at radius 3 is 2.57 bits per heavy atom. The number of aryl methyl sites for hydroxylation is 1. The first-order valence-corrected chi connectivity index (χ1v) is 7.37. The summed E-state index contributed by atoms with van der Waals surface area (Å²) in [6.07, 6.45) is -3.59. The van der Waals surface area contributed by atoms with Gasteiger partial charge in [-0.25, -0.2) is 4.98 Å². The van der Waals surface area contributed by atoms with Crippen molar-refractivity contribution in [1.29, 1.82) is 0 Å². The Morgan fingerprint density at radius 2 is 1.91 bits per heavy atom. The van der Waals surface area contributed by atoms with E-state index in [2.05, 4.69) is 4.98 Å². The molecule has 2 N–H and O–H groups in total. The molecule has 0 radical (unpaired) electrons. The van der Waals surface area contributed by atoms with Gasteiger partial charge in [0.2, 0.25) is 5.82 Å². The summed E-state index contributed by atoms with van der Waals surface area (Å²) in [6.45, 7) is 2.09. The van der Waals surface area contributed by atoms with Gasteiger partial charge in [0, 0.05) is 17.3 Å². The molecule has 120 valence electrons. The van der Waals surface area contributed by atoms with Crippen molar-refractivity contribution in [3.05, 3.63) is 53.3 Å². The topological polar surface area (TPSA) is 53.1 Å². The maximum atomic E-state index is 14.6. The summed E-state index contributed by atoms with van der Waals surface area (Å²) in [5.41, 5.74) is 6.98. The molecule has 0 fully saturated rings. The van der Waals surface area contributed by atoms with Crippen LogP contribution < -0.4 is 10.5 Å². The number of ether oxygens (including phenoxy) is 1. The van der Waals surface area contributed by atoms with Gasteiger partial charge in [0.1, 0.15) is 5.75 Å². The summed E-state index contributed by atoms with van der Waals surface area (Å²) in [5, 5.41) is 0.438. The standard InChI is InChI=1S/C16H14ClF2N3O/c1-2-22-14-8-3-10(17)9-13(14)21-15(22)16(18,19)23-12-6-4-11(20)5-7-12/h3-9H,2,20H2,1H3. The molecule has 0 spiro atoms. The van der Waals surface area contributed by atoms with Gasteiger partial charge in [-0.05, 0) is 49.4 Å². The fourth-order valence-corrected chi connectivity index (χ4v) is 2.54. The highest BCUT2D eigenvalue weighted by Crippen LogP contribution is 2.34. The Balaban J connectivity index is 2.04. The second kappa shape index (κ2) is 5.70. The summed E-state index contributed by atoms with van der Waals surface area (Å²) in [4.78, 5) is 4.01. The van der Waals surface area contributed by atoms with Crippen LogP contribution >= 0.6 is 11.6 Å². The average molecular weight is 338 g/mol. The number of hydrogen-bond donors (Lipinski definition) is 1. The monoisotopic (exact) mass is 337 g/mol. The number of rotatable bonds is 4. The van der Waals surface area contributed by atoms with Gasteiger partial charge >= 0.3 is 6.11 Å². The van der Waals surface area contributed by atoms with E-state index in [1.165, 1.54) is 28.8 Å². The van der Waals surface area contributed by atoms with Gasteiger partial charge in [-0.2, -0.15) is 8.78 Å². The highest BCUT2D eigenvalue weighted by molar-refractivity contribution is 6.31. The first-order valence-electron chi connectivity index (χ1n) is 6.99. The summed E-state index contributed by atoms with van der Waals surface area (Å²) in [6, 6.07) is 10.6. The lowest BCUT2D eigenvalue weighted by molar-refractivity contribution is -0.193. The number of alkyl halides is 2. The van der Waals surface area contributed by atoms with Crippen molar-refractivity contribution >= 4 is 28.3 Å². The maximum absolute atomic E-state index is 14.6. The summed E-state index contributed by atoms with van der Waals surface area (Å²) in [5.74, 6) is -0.453. The van der Waals surface area contributed by atoms with Crippen LogP contribution in [0.1, 0.15) is 12.7 Å². The summed E-state index contributed by atoms with van der Waals surface area (Å²) >= 11 is 5.90. The molecule has 2 aromatic carbocycles. The van der Waals surface area contributed by atoms with E-state index in [4.69, 9.17) is 22.1 Å². The first kappa shape index (κ1) is 15.6. The Bertz CT molecular complexity index is 846. The Hall–Kier alpha value is -2.34. The van der Waals surface area contributed by atoms with E-state index in [1.807, 2.05) is 0 Å². The van der Waals surface area contributed by atoms with Gasteiger partial charge in [0.15, 0.2) is 0 Å². The second-order valence-corrected chi connectivity index (χ2v) is 5.44. The van der Waals surface area contributed by atoms with Crippen LogP contribution in [0.5, 0.6) is 5.75 Å². The van der Waals surface area contributed by atoms with Gasteiger partial charge in [-0.15, -0.1) is 0 Å². The van der Waals surface area contributed by atoms with Crippen LogP contribution in [0, 0.1) is 0 Å². The van der Waals surface area contributed by atoms with Gasteiger partial charge in [-0.1, -0.05) is 11.6 Å². The predicted octanol–water partition coefficient (Wildman–Crippen LogP) is 4.42. The van der Waals surface area contributed by atoms with Crippen molar-refractivity contribution in [2.75, 3.05) is 5.73 Å². The summed E-state index contributed by atoms with van der Waals surface area (Å²) in [7, 11) is 0. The van der Waals surface area contributed by atoms with Crippen molar-refractivity contribution in [3.63, 3.8) is 0 Å². The largest absolute Gasteiger partial charge is 0.460 e. The van der Waals surface area contributed by atoms with Crippen molar-refractivity contribution in [3.8, 4) is 5.75 Å². The molecule has 0 bridgehead atoms. The maximum Gasteiger partial charge on any atom is 0.460 e. The molecule has 0 amide bonds. The molecule has 0 aliphatic carbocycles. The third kappa shape index (κ3) is 2.94. The van der Waals surface area contributed by atoms with Crippen LogP contribution in [0.15, 0.2) is 42.5 Å². The van der Waals surface area contributed by atoms with Crippen molar-refractivity contribution in [2.24, 2.45) is 0 Å².